The summed E-state index contributed by atoms with van der Waals surface area (Å²) in [6.07, 6.45) is 0.502. The van der Waals surface area contributed by atoms with Gasteiger partial charge in [-0.2, -0.15) is 0 Å². The standard InChI is InChI=1S/C25H34N2O4/c1-7-22(24(29)26-25(3,4)5)27(16-19-11-9-8-10-18(19)2)23(28)17-31-21-14-12-20(30-6)13-15-21/h8-15,22H,7,16-17H2,1-6H3,(H,26,29)/t22-/m0/s1. The number of ether oxygens (including phenoxy) is 2. The second-order valence-corrected chi connectivity index (χ2v) is 8.58. The number of benzene rings is 2. The fourth-order valence-electron chi connectivity index (χ4n) is 3.24. The predicted molar refractivity (Wildman–Crippen MR) is 122 cm³/mol. The molecule has 0 aliphatic rings. The maximum absolute atomic E-state index is 13.2. The number of carbonyl (C=O) groups excluding carboxylic acids is 2. The Morgan fingerprint density at radius 3 is 2.19 bits per heavy atom. The summed E-state index contributed by atoms with van der Waals surface area (Å²) in [7, 11) is 1.59. The Kier molecular flexibility index (Phi) is 8.48. The van der Waals surface area contributed by atoms with E-state index in [-0.39, 0.29) is 24.0 Å². The van der Waals surface area contributed by atoms with E-state index in [4.69, 9.17) is 9.47 Å². The largest absolute Gasteiger partial charge is 0.497 e. The molecule has 0 saturated carbocycles. The number of nitrogens with zero attached hydrogens (tertiary/aromatic N) is 1. The molecule has 0 saturated heterocycles. The average Bonchev–Trinajstić information content (AvgIpc) is 2.72. The molecule has 6 heteroatoms. The number of rotatable bonds is 9. The molecule has 0 spiro atoms. The number of amides is 2. The summed E-state index contributed by atoms with van der Waals surface area (Å²) < 4.78 is 10.9. The normalized spacial score (nSPS) is 12.1. The number of hydrogen-bond acceptors (Lipinski definition) is 4. The number of hydrogen-bond donors (Lipinski definition) is 1. The van der Waals surface area contributed by atoms with Crippen molar-refractivity contribution < 1.29 is 19.1 Å². The Morgan fingerprint density at radius 1 is 1.03 bits per heavy atom. The monoisotopic (exact) mass is 426 g/mol. The molecule has 0 bridgehead atoms. The van der Waals surface area contributed by atoms with Crippen LogP contribution in [0.15, 0.2) is 48.5 Å². The minimum Gasteiger partial charge on any atom is -0.497 e. The molecule has 31 heavy (non-hydrogen) atoms. The zero-order chi connectivity index (χ0) is 23.0. The van der Waals surface area contributed by atoms with Gasteiger partial charge in [0.1, 0.15) is 17.5 Å². The van der Waals surface area contributed by atoms with Gasteiger partial charge in [0, 0.05) is 12.1 Å². The van der Waals surface area contributed by atoms with E-state index in [9.17, 15) is 9.59 Å². The summed E-state index contributed by atoms with van der Waals surface area (Å²) in [4.78, 5) is 27.8. The van der Waals surface area contributed by atoms with E-state index in [1.165, 1.54) is 0 Å². The highest BCUT2D eigenvalue weighted by molar-refractivity contribution is 5.88. The second-order valence-electron chi connectivity index (χ2n) is 8.58. The summed E-state index contributed by atoms with van der Waals surface area (Å²) in [6.45, 7) is 9.89. The molecule has 0 fully saturated rings. The topological polar surface area (TPSA) is 67.9 Å². The lowest BCUT2D eigenvalue weighted by atomic mass is 10.0. The van der Waals surface area contributed by atoms with Gasteiger partial charge in [-0.1, -0.05) is 31.2 Å². The van der Waals surface area contributed by atoms with Crippen molar-refractivity contribution in [1.82, 2.24) is 10.2 Å². The molecule has 168 valence electrons. The first-order valence-corrected chi connectivity index (χ1v) is 10.6. The van der Waals surface area contributed by atoms with E-state index in [0.717, 1.165) is 11.1 Å². The summed E-state index contributed by atoms with van der Waals surface area (Å²) in [5, 5.41) is 3.00. The van der Waals surface area contributed by atoms with E-state index in [1.54, 1.807) is 36.3 Å². The zero-order valence-corrected chi connectivity index (χ0v) is 19.4. The fourth-order valence-corrected chi connectivity index (χ4v) is 3.24. The van der Waals surface area contributed by atoms with Crippen LogP contribution in [0.2, 0.25) is 0 Å². The van der Waals surface area contributed by atoms with E-state index < -0.39 is 6.04 Å². The van der Waals surface area contributed by atoms with Gasteiger partial charge in [0.15, 0.2) is 6.61 Å². The molecule has 6 nitrogen and oxygen atoms in total. The highest BCUT2D eigenvalue weighted by atomic mass is 16.5. The first-order chi connectivity index (χ1) is 14.6. The summed E-state index contributed by atoms with van der Waals surface area (Å²) in [5.41, 5.74) is 1.69. The molecule has 0 heterocycles. The van der Waals surface area contributed by atoms with Gasteiger partial charge in [0.05, 0.1) is 7.11 Å². The highest BCUT2D eigenvalue weighted by Gasteiger charge is 2.31. The lowest BCUT2D eigenvalue weighted by Crippen LogP contribution is -2.54. The van der Waals surface area contributed by atoms with Crippen molar-refractivity contribution in [2.75, 3.05) is 13.7 Å². The Labute approximate surface area is 185 Å². The van der Waals surface area contributed by atoms with Crippen molar-refractivity contribution in [2.45, 2.75) is 59.2 Å². The van der Waals surface area contributed by atoms with Crippen molar-refractivity contribution in [3.05, 3.63) is 59.7 Å². The van der Waals surface area contributed by atoms with Crippen molar-refractivity contribution in [3.63, 3.8) is 0 Å². The van der Waals surface area contributed by atoms with Crippen molar-refractivity contribution in [3.8, 4) is 11.5 Å². The van der Waals surface area contributed by atoms with Gasteiger partial charge in [-0.3, -0.25) is 9.59 Å². The quantitative estimate of drug-likeness (QED) is 0.655. The minimum atomic E-state index is -0.592. The van der Waals surface area contributed by atoms with Gasteiger partial charge in [-0.15, -0.1) is 0 Å². The number of carbonyl (C=O) groups is 2. The zero-order valence-electron chi connectivity index (χ0n) is 19.4. The lowest BCUT2D eigenvalue weighted by Gasteiger charge is -2.33. The van der Waals surface area contributed by atoms with Crippen LogP contribution < -0.4 is 14.8 Å². The molecular weight excluding hydrogens is 392 g/mol. The number of aryl methyl sites for hydroxylation is 1. The summed E-state index contributed by atoms with van der Waals surface area (Å²) in [5.74, 6) is 0.873. The Morgan fingerprint density at radius 2 is 1.65 bits per heavy atom. The van der Waals surface area contributed by atoms with E-state index in [0.29, 0.717) is 24.5 Å². The van der Waals surface area contributed by atoms with Crippen LogP contribution in [-0.4, -0.2) is 42.0 Å². The van der Waals surface area contributed by atoms with Crippen LogP contribution in [0.1, 0.15) is 45.2 Å². The smallest absolute Gasteiger partial charge is 0.261 e. The van der Waals surface area contributed by atoms with Gasteiger partial charge in [-0.05, 0) is 69.5 Å². The SMILES string of the molecule is CC[C@@H](C(=O)NC(C)(C)C)N(Cc1ccccc1C)C(=O)COc1ccc(OC)cc1. The predicted octanol–water partition coefficient (Wildman–Crippen LogP) is 4.10. The van der Waals surface area contributed by atoms with E-state index in [1.807, 2.05) is 58.9 Å². The third-order valence-corrected chi connectivity index (χ3v) is 4.91. The molecule has 2 aromatic carbocycles. The van der Waals surface area contributed by atoms with Gasteiger partial charge >= 0.3 is 0 Å². The van der Waals surface area contributed by atoms with Gasteiger partial charge in [0.2, 0.25) is 5.91 Å². The van der Waals surface area contributed by atoms with Gasteiger partial charge in [-0.25, -0.2) is 0 Å². The molecule has 0 aliphatic heterocycles. The molecule has 1 atom stereocenters. The molecule has 2 rings (SSSR count). The van der Waals surface area contributed by atoms with Crippen LogP contribution in [-0.2, 0) is 16.1 Å². The van der Waals surface area contributed by atoms with Crippen LogP contribution >= 0.6 is 0 Å². The molecule has 0 radical (unpaired) electrons. The van der Waals surface area contributed by atoms with Crippen molar-refractivity contribution in [1.29, 1.82) is 0 Å². The maximum Gasteiger partial charge on any atom is 0.261 e. The summed E-state index contributed by atoms with van der Waals surface area (Å²) >= 11 is 0. The van der Waals surface area contributed by atoms with Crippen LogP contribution in [0.4, 0.5) is 0 Å². The Hall–Kier alpha value is -3.02. The van der Waals surface area contributed by atoms with Crippen LogP contribution in [0, 0.1) is 6.92 Å². The van der Waals surface area contributed by atoms with Crippen molar-refractivity contribution in [2.24, 2.45) is 0 Å². The molecule has 2 amide bonds. The van der Waals surface area contributed by atoms with Gasteiger partial charge < -0.3 is 19.7 Å². The Bertz CT molecular complexity index is 872. The second kappa shape index (κ2) is 10.8. The Balaban J connectivity index is 2.22. The van der Waals surface area contributed by atoms with E-state index in [2.05, 4.69) is 5.32 Å². The number of nitrogens with one attached hydrogen (secondary N) is 1. The first kappa shape index (κ1) is 24.3. The third kappa shape index (κ3) is 7.31. The summed E-state index contributed by atoms with van der Waals surface area (Å²) in [6, 6.07) is 14.3. The van der Waals surface area contributed by atoms with Crippen molar-refractivity contribution >= 4 is 11.8 Å². The molecule has 0 aliphatic carbocycles. The minimum absolute atomic E-state index is 0.155. The average molecular weight is 427 g/mol. The molecule has 1 N–H and O–H groups in total. The number of methoxy groups -OCH3 is 1. The van der Waals surface area contributed by atoms with Gasteiger partial charge in [0.25, 0.3) is 5.91 Å². The maximum atomic E-state index is 13.2. The molecule has 2 aromatic rings. The van der Waals surface area contributed by atoms with E-state index >= 15 is 0 Å². The van der Waals surface area contributed by atoms with Crippen LogP contribution in [0.25, 0.3) is 0 Å². The first-order valence-electron chi connectivity index (χ1n) is 10.6. The lowest BCUT2D eigenvalue weighted by molar-refractivity contribution is -0.143. The molecule has 0 aromatic heterocycles. The molecule has 0 unspecified atom stereocenters. The third-order valence-electron chi connectivity index (χ3n) is 4.91. The van der Waals surface area contributed by atoms with Crippen LogP contribution in [0.5, 0.6) is 11.5 Å². The molecular formula is C25H34N2O4. The fraction of sp³-hybridized carbons (Fsp3) is 0.440. The van der Waals surface area contributed by atoms with Crippen LogP contribution in [0.3, 0.4) is 0 Å². The highest BCUT2D eigenvalue weighted by Crippen LogP contribution is 2.19.